The van der Waals surface area contributed by atoms with Gasteiger partial charge in [-0.25, -0.2) is 8.42 Å². The van der Waals surface area contributed by atoms with Crippen molar-refractivity contribution in [1.82, 2.24) is 10.2 Å². The average Bonchev–Trinajstić information content (AvgIpc) is 2.92. The lowest BCUT2D eigenvalue weighted by molar-refractivity contribution is -0.139. The smallest absolute Gasteiger partial charge is 0.264 e. The predicted octanol–water partition coefficient (Wildman–Crippen LogP) is 6.48. The van der Waals surface area contributed by atoms with Gasteiger partial charge >= 0.3 is 0 Å². The standard InChI is InChI=1S/C29H32Cl3N3O4S/c1-4-5-16-33-29(37)21(3)34(18-22-12-15-24(30)26(32)17-22)28(36)19-35(27-9-7-6-8-25(27)31)40(38,39)23-13-10-20(2)11-14-23/h6-15,17,21H,4-5,16,18-19H2,1-3H3,(H,33,37)/t21-/m1/s1. The molecule has 0 radical (unpaired) electrons. The van der Waals surface area contributed by atoms with E-state index in [1.807, 2.05) is 13.8 Å². The van der Waals surface area contributed by atoms with Gasteiger partial charge in [-0.15, -0.1) is 0 Å². The third-order valence-corrected chi connectivity index (χ3v) is 9.18. The average molecular weight is 625 g/mol. The Morgan fingerprint density at radius 1 is 0.925 bits per heavy atom. The van der Waals surface area contributed by atoms with Crippen LogP contribution in [0.5, 0.6) is 0 Å². The summed E-state index contributed by atoms with van der Waals surface area (Å²) >= 11 is 18.7. The van der Waals surface area contributed by atoms with Gasteiger partial charge in [0.15, 0.2) is 0 Å². The van der Waals surface area contributed by atoms with Gasteiger partial charge in [0, 0.05) is 13.1 Å². The first kappa shape index (κ1) is 31.7. The molecule has 7 nitrogen and oxygen atoms in total. The van der Waals surface area contributed by atoms with Crippen molar-refractivity contribution in [2.24, 2.45) is 0 Å². The first-order valence-corrected chi connectivity index (χ1v) is 15.4. The molecule has 3 rings (SSSR count). The van der Waals surface area contributed by atoms with Crippen molar-refractivity contribution in [3.8, 4) is 0 Å². The highest BCUT2D eigenvalue weighted by atomic mass is 35.5. The quantitative estimate of drug-likeness (QED) is 0.234. The summed E-state index contributed by atoms with van der Waals surface area (Å²) in [5, 5.41) is 3.65. The molecule has 0 unspecified atom stereocenters. The first-order valence-electron chi connectivity index (χ1n) is 12.8. The predicted molar refractivity (Wildman–Crippen MR) is 162 cm³/mol. The van der Waals surface area contributed by atoms with E-state index >= 15 is 0 Å². The second kappa shape index (κ2) is 14.2. The molecule has 40 heavy (non-hydrogen) atoms. The molecule has 0 aliphatic carbocycles. The molecule has 3 aromatic carbocycles. The van der Waals surface area contributed by atoms with Gasteiger partial charge in [0.1, 0.15) is 12.6 Å². The third kappa shape index (κ3) is 7.91. The number of hydrogen-bond donors (Lipinski definition) is 1. The van der Waals surface area contributed by atoms with E-state index in [9.17, 15) is 18.0 Å². The number of amides is 2. The fraction of sp³-hybridized carbons (Fsp3) is 0.310. The Bertz CT molecular complexity index is 1450. The molecule has 214 valence electrons. The Labute approximate surface area is 251 Å². The van der Waals surface area contributed by atoms with Crippen LogP contribution < -0.4 is 9.62 Å². The van der Waals surface area contributed by atoms with Crippen LogP contribution in [0.3, 0.4) is 0 Å². The van der Waals surface area contributed by atoms with E-state index in [0.717, 1.165) is 22.7 Å². The lowest BCUT2D eigenvalue weighted by atomic mass is 10.1. The summed E-state index contributed by atoms with van der Waals surface area (Å²) in [6.45, 7) is 5.33. The Hall–Kier alpha value is -2.78. The number of carbonyl (C=O) groups is 2. The molecule has 0 aliphatic rings. The number of rotatable bonds is 12. The maximum absolute atomic E-state index is 13.9. The number of halogens is 3. The molecule has 0 bridgehead atoms. The summed E-state index contributed by atoms with van der Waals surface area (Å²) in [5.41, 5.74) is 1.66. The van der Waals surface area contributed by atoms with Gasteiger partial charge in [0.05, 0.1) is 25.7 Å². The number of unbranched alkanes of at least 4 members (excludes halogenated alkanes) is 1. The molecular formula is C29H32Cl3N3O4S. The van der Waals surface area contributed by atoms with Crippen molar-refractivity contribution in [1.29, 1.82) is 0 Å². The Morgan fingerprint density at radius 2 is 1.60 bits per heavy atom. The van der Waals surface area contributed by atoms with Gasteiger partial charge in [0.25, 0.3) is 10.0 Å². The monoisotopic (exact) mass is 623 g/mol. The zero-order valence-corrected chi connectivity index (χ0v) is 25.6. The van der Waals surface area contributed by atoms with Crippen molar-refractivity contribution >= 4 is 62.3 Å². The highest BCUT2D eigenvalue weighted by Gasteiger charge is 2.33. The van der Waals surface area contributed by atoms with Gasteiger partial charge in [-0.2, -0.15) is 0 Å². The fourth-order valence-corrected chi connectivity index (χ4v) is 6.00. The first-order chi connectivity index (χ1) is 18.9. The molecule has 11 heteroatoms. The number of benzene rings is 3. The largest absolute Gasteiger partial charge is 0.354 e. The second-order valence-corrected chi connectivity index (χ2v) is 12.5. The maximum atomic E-state index is 13.9. The lowest BCUT2D eigenvalue weighted by Gasteiger charge is -2.32. The normalized spacial score (nSPS) is 12.1. The van der Waals surface area contributed by atoms with E-state index in [1.54, 1.807) is 55.5 Å². The van der Waals surface area contributed by atoms with Crippen LogP contribution in [0.25, 0.3) is 0 Å². The second-order valence-electron chi connectivity index (χ2n) is 9.37. The number of hydrogen-bond acceptors (Lipinski definition) is 4. The van der Waals surface area contributed by atoms with Crippen LogP contribution in [-0.4, -0.2) is 44.3 Å². The molecule has 0 heterocycles. The van der Waals surface area contributed by atoms with Crippen molar-refractivity contribution in [3.63, 3.8) is 0 Å². The van der Waals surface area contributed by atoms with Gasteiger partial charge in [-0.05, 0) is 62.2 Å². The van der Waals surface area contributed by atoms with Crippen LogP contribution in [0.2, 0.25) is 15.1 Å². The highest BCUT2D eigenvalue weighted by Crippen LogP contribution is 2.31. The molecule has 0 fully saturated rings. The number of para-hydroxylation sites is 1. The van der Waals surface area contributed by atoms with Gasteiger partial charge in [0.2, 0.25) is 11.8 Å². The minimum atomic E-state index is -4.21. The Kier molecular flexibility index (Phi) is 11.3. The molecule has 0 spiro atoms. The molecule has 0 aliphatic heterocycles. The van der Waals surface area contributed by atoms with Crippen LogP contribution in [0.1, 0.15) is 37.8 Å². The number of nitrogens with one attached hydrogen (secondary N) is 1. The molecule has 1 atom stereocenters. The number of anilines is 1. The van der Waals surface area contributed by atoms with Crippen LogP contribution >= 0.6 is 34.8 Å². The van der Waals surface area contributed by atoms with Gasteiger partial charge in [-0.3, -0.25) is 13.9 Å². The molecule has 1 N–H and O–H groups in total. The summed E-state index contributed by atoms with van der Waals surface area (Å²) in [6, 6.07) is 16.7. The zero-order valence-electron chi connectivity index (χ0n) is 22.5. The van der Waals surface area contributed by atoms with Crippen LogP contribution in [0.15, 0.2) is 71.6 Å². The topological polar surface area (TPSA) is 86.8 Å². The zero-order chi connectivity index (χ0) is 29.4. The Morgan fingerprint density at radius 3 is 2.23 bits per heavy atom. The van der Waals surface area contributed by atoms with Crippen molar-refractivity contribution in [2.75, 3.05) is 17.4 Å². The Balaban J connectivity index is 2.02. The summed E-state index contributed by atoms with van der Waals surface area (Å²) in [4.78, 5) is 28.3. The molecule has 2 amide bonds. The van der Waals surface area contributed by atoms with E-state index in [1.165, 1.54) is 23.1 Å². The van der Waals surface area contributed by atoms with Crippen molar-refractivity contribution in [2.45, 2.75) is 51.1 Å². The van der Waals surface area contributed by atoms with Crippen molar-refractivity contribution in [3.05, 3.63) is 92.9 Å². The molecule has 0 aromatic heterocycles. The number of sulfonamides is 1. The van der Waals surface area contributed by atoms with Crippen molar-refractivity contribution < 1.29 is 18.0 Å². The minimum absolute atomic E-state index is 0.000964. The number of aryl methyl sites for hydroxylation is 1. The number of nitrogens with zero attached hydrogens (tertiary/aromatic N) is 2. The summed E-state index contributed by atoms with van der Waals surface area (Å²) in [7, 11) is -4.21. The SMILES string of the molecule is CCCCNC(=O)[C@@H](C)N(Cc1ccc(Cl)c(Cl)c1)C(=O)CN(c1ccccc1Cl)S(=O)(=O)c1ccc(C)cc1. The minimum Gasteiger partial charge on any atom is -0.354 e. The maximum Gasteiger partial charge on any atom is 0.264 e. The van der Waals surface area contributed by atoms with E-state index in [2.05, 4.69) is 5.32 Å². The van der Waals surface area contributed by atoms with E-state index in [-0.39, 0.29) is 28.1 Å². The summed E-state index contributed by atoms with van der Waals surface area (Å²) in [6.07, 6.45) is 1.68. The van der Waals surface area contributed by atoms with Crippen LogP contribution in [-0.2, 0) is 26.2 Å². The van der Waals surface area contributed by atoms with Gasteiger partial charge in [-0.1, -0.05) is 84.0 Å². The number of carbonyl (C=O) groups excluding carboxylic acids is 2. The van der Waals surface area contributed by atoms with Gasteiger partial charge < -0.3 is 10.2 Å². The van der Waals surface area contributed by atoms with Crippen LogP contribution in [0.4, 0.5) is 5.69 Å². The summed E-state index contributed by atoms with van der Waals surface area (Å²) in [5.74, 6) is -0.952. The molecule has 3 aromatic rings. The molecule has 0 saturated carbocycles. The van der Waals surface area contributed by atoms with E-state index in [4.69, 9.17) is 34.8 Å². The summed E-state index contributed by atoms with van der Waals surface area (Å²) < 4.78 is 28.7. The third-order valence-electron chi connectivity index (χ3n) is 6.34. The highest BCUT2D eigenvalue weighted by molar-refractivity contribution is 7.92. The fourth-order valence-electron chi connectivity index (χ4n) is 3.96. The molecular weight excluding hydrogens is 593 g/mol. The van der Waals surface area contributed by atoms with Crippen LogP contribution in [0, 0.1) is 6.92 Å². The van der Waals surface area contributed by atoms with E-state index < -0.39 is 28.5 Å². The molecule has 0 saturated heterocycles. The lowest BCUT2D eigenvalue weighted by Crippen LogP contribution is -2.51. The van der Waals surface area contributed by atoms with E-state index in [0.29, 0.717) is 22.2 Å².